The first-order valence-corrected chi connectivity index (χ1v) is 12.9. The second kappa shape index (κ2) is 11.2. The largest absolute Gasteiger partial charge is 0.333 e. The quantitative estimate of drug-likeness (QED) is 0.343. The zero-order valence-electron chi connectivity index (χ0n) is 20.2. The number of fused-ring (bicyclic) bond motifs is 1. The van der Waals surface area contributed by atoms with Crippen molar-refractivity contribution in [3.05, 3.63) is 69.7 Å². The lowest BCUT2D eigenvalue weighted by Gasteiger charge is -2.31. The Hall–Kier alpha value is -2.66. The number of para-hydroxylation sites is 1. The van der Waals surface area contributed by atoms with Gasteiger partial charge < -0.3 is 4.90 Å². The summed E-state index contributed by atoms with van der Waals surface area (Å²) in [5.41, 5.74) is 1.15. The van der Waals surface area contributed by atoms with Crippen LogP contribution >= 0.6 is 11.6 Å². The number of amides is 1. The van der Waals surface area contributed by atoms with E-state index in [0.717, 1.165) is 19.3 Å². The number of halogens is 1. The van der Waals surface area contributed by atoms with Gasteiger partial charge in [0, 0.05) is 18.0 Å². The highest BCUT2D eigenvalue weighted by Crippen LogP contribution is 2.30. The Balaban J connectivity index is 1.76. The van der Waals surface area contributed by atoms with E-state index < -0.39 is 0 Å². The summed E-state index contributed by atoms with van der Waals surface area (Å²) < 4.78 is 1.63. The topological polar surface area (TPSA) is 55.2 Å². The van der Waals surface area contributed by atoms with Crippen LogP contribution in [0.25, 0.3) is 16.6 Å². The van der Waals surface area contributed by atoms with Crippen molar-refractivity contribution in [1.82, 2.24) is 14.5 Å². The third-order valence-electron chi connectivity index (χ3n) is 7.02. The van der Waals surface area contributed by atoms with Gasteiger partial charge in [-0.3, -0.25) is 14.2 Å². The first kappa shape index (κ1) is 24.5. The van der Waals surface area contributed by atoms with Crippen molar-refractivity contribution in [3.8, 4) is 5.69 Å². The minimum atomic E-state index is -0.348. The Morgan fingerprint density at radius 3 is 2.68 bits per heavy atom. The molecule has 2 aromatic carbocycles. The fourth-order valence-corrected chi connectivity index (χ4v) is 5.25. The highest BCUT2D eigenvalue weighted by Gasteiger charge is 2.27. The molecule has 5 nitrogen and oxygen atoms in total. The number of unbranched alkanes of at least 4 members (excludes halogenated alkanes) is 1. The molecule has 1 aliphatic carbocycles. The Morgan fingerprint density at radius 2 is 1.94 bits per heavy atom. The molecule has 0 saturated heterocycles. The maximum atomic E-state index is 13.6. The molecule has 0 N–H and O–H groups in total. The lowest BCUT2D eigenvalue weighted by atomic mass is 10.0. The number of nitrogens with zero attached hydrogens (tertiary/aromatic N) is 3. The molecule has 4 rings (SSSR count). The number of hydrogen-bond acceptors (Lipinski definition) is 3. The van der Waals surface area contributed by atoms with Crippen LogP contribution in [0.5, 0.6) is 0 Å². The first-order chi connectivity index (χ1) is 16.5. The van der Waals surface area contributed by atoms with Crippen LogP contribution in [0.15, 0.2) is 53.3 Å². The zero-order chi connectivity index (χ0) is 24.1. The summed E-state index contributed by atoms with van der Waals surface area (Å²) in [7, 11) is 0. The zero-order valence-corrected chi connectivity index (χ0v) is 20.9. The summed E-state index contributed by atoms with van der Waals surface area (Å²) in [5.74, 6) is 1.37. The van der Waals surface area contributed by atoms with Crippen LogP contribution in [0, 0.1) is 5.92 Å². The summed E-state index contributed by atoms with van der Waals surface area (Å²) in [6.07, 6.45) is 8.42. The second-order valence-electron chi connectivity index (χ2n) is 9.41. The van der Waals surface area contributed by atoms with Gasteiger partial charge in [0.1, 0.15) is 5.82 Å². The molecule has 1 aliphatic rings. The van der Waals surface area contributed by atoms with Crippen LogP contribution < -0.4 is 5.56 Å². The van der Waals surface area contributed by atoms with Crippen LogP contribution in [0.4, 0.5) is 0 Å². The van der Waals surface area contributed by atoms with E-state index >= 15 is 0 Å². The molecule has 0 bridgehead atoms. The highest BCUT2D eigenvalue weighted by molar-refractivity contribution is 6.30. The van der Waals surface area contributed by atoms with Crippen molar-refractivity contribution >= 4 is 28.4 Å². The Labute approximate surface area is 206 Å². The van der Waals surface area contributed by atoms with Gasteiger partial charge in [0.25, 0.3) is 5.56 Å². The van der Waals surface area contributed by atoms with Crippen molar-refractivity contribution in [2.45, 2.75) is 71.3 Å². The van der Waals surface area contributed by atoms with Crippen LogP contribution in [0.1, 0.15) is 77.1 Å². The van der Waals surface area contributed by atoms with Crippen molar-refractivity contribution in [2.24, 2.45) is 5.92 Å². The van der Waals surface area contributed by atoms with Gasteiger partial charge in [-0.25, -0.2) is 4.98 Å². The van der Waals surface area contributed by atoms with Crippen LogP contribution in [-0.2, 0) is 4.79 Å². The highest BCUT2D eigenvalue weighted by atomic mass is 35.5. The summed E-state index contributed by atoms with van der Waals surface area (Å²) in [6, 6.07) is 14.3. The summed E-state index contributed by atoms with van der Waals surface area (Å²) >= 11 is 6.28. The molecule has 1 saturated carbocycles. The summed E-state index contributed by atoms with van der Waals surface area (Å²) in [6.45, 7) is 4.77. The molecular formula is C28H34ClN3O2. The fraction of sp³-hybridized carbons (Fsp3) is 0.464. The summed E-state index contributed by atoms with van der Waals surface area (Å²) in [4.78, 5) is 34.0. The van der Waals surface area contributed by atoms with E-state index in [1.165, 1.54) is 25.7 Å². The third kappa shape index (κ3) is 5.35. The van der Waals surface area contributed by atoms with E-state index in [2.05, 4.69) is 6.92 Å². The van der Waals surface area contributed by atoms with Crippen molar-refractivity contribution in [1.29, 1.82) is 0 Å². The average molecular weight is 480 g/mol. The predicted molar refractivity (Wildman–Crippen MR) is 139 cm³/mol. The minimum absolute atomic E-state index is 0.146. The van der Waals surface area contributed by atoms with Gasteiger partial charge in [0.2, 0.25) is 5.91 Å². The van der Waals surface area contributed by atoms with Gasteiger partial charge in [0.05, 0.1) is 22.6 Å². The number of hydrogen-bond donors (Lipinski definition) is 0. The lowest BCUT2D eigenvalue weighted by Crippen LogP contribution is -2.38. The van der Waals surface area contributed by atoms with Crippen LogP contribution in [0.2, 0.25) is 5.02 Å². The van der Waals surface area contributed by atoms with E-state index in [-0.39, 0.29) is 17.5 Å². The third-order valence-corrected chi connectivity index (χ3v) is 7.26. The van der Waals surface area contributed by atoms with Gasteiger partial charge in [-0.05, 0) is 56.0 Å². The minimum Gasteiger partial charge on any atom is -0.333 e. The first-order valence-electron chi connectivity index (χ1n) is 12.6. The van der Waals surface area contributed by atoms with Crippen LogP contribution in [0.3, 0.4) is 0 Å². The Kier molecular flexibility index (Phi) is 8.04. The molecule has 34 heavy (non-hydrogen) atoms. The maximum absolute atomic E-state index is 13.6. The van der Waals surface area contributed by atoms with Gasteiger partial charge >= 0.3 is 0 Å². The van der Waals surface area contributed by atoms with E-state index in [9.17, 15) is 9.59 Å². The predicted octanol–water partition coefficient (Wildman–Crippen LogP) is 6.70. The SMILES string of the molecule is CCCCN(C(=O)CCC1CCCC1)C(C)c1nc2ccccc2c(=O)n1-c1cccc(Cl)c1. The molecule has 180 valence electrons. The second-order valence-corrected chi connectivity index (χ2v) is 9.85. The maximum Gasteiger partial charge on any atom is 0.266 e. The molecule has 1 amide bonds. The summed E-state index contributed by atoms with van der Waals surface area (Å²) in [5, 5.41) is 1.10. The van der Waals surface area contributed by atoms with Gasteiger partial charge in [-0.1, -0.05) is 68.8 Å². The number of benzene rings is 2. The van der Waals surface area contributed by atoms with E-state index in [0.29, 0.717) is 46.3 Å². The molecule has 0 radical (unpaired) electrons. The van der Waals surface area contributed by atoms with Gasteiger partial charge in [-0.2, -0.15) is 0 Å². The van der Waals surface area contributed by atoms with Crippen molar-refractivity contribution in [2.75, 3.05) is 6.54 Å². The van der Waals surface area contributed by atoms with Crippen molar-refractivity contribution in [3.63, 3.8) is 0 Å². The molecule has 1 aromatic heterocycles. The number of carbonyl (C=O) groups excluding carboxylic acids is 1. The normalized spacial score (nSPS) is 15.0. The van der Waals surface area contributed by atoms with Gasteiger partial charge in [-0.15, -0.1) is 0 Å². The number of rotatable bonds is 9. The number of carbonyl (C=O) groups is 1. The smallest absolute Gasteiger partial charge is 0.266 e. The molecule has 1 atom stereocenters. The number of aromatic nitrogens is 2. The van der Waals surface area contributed by atoms with E-state index in [1.54, 1.807) is 22.8 Å². The average Bonchev–Trinajstić information content (AvgIpc) is 3.36. The lowest BCUT2D eigenvalue weighted by molar-refractivity contribution is -0.134. The molecule has 1 unspecified atom stereocenters. The molecule has 3 aromatic rings. The molecule has 0 aliphatic heterocycles. The molecule has 1 heterocycles. The Bertz CT molecular complexity index is 1200. The Morgan fingerprint density at radius 1 is 1.18 bits per heavy atom. The monoisotopic (exact) mass is 479 g/mol. The van der Waals surface area contributed by atoms with E-state index in [1.807, 2.05) is 42.2 Å². The molecule has 6 heteroatoms. The van der Waals surface area contributed by atoms with Crippen molar-refractivity contribution < 1.29 is 4.79 Å². The fourth-order valence-electron chi connectivity index (χ4n) is 5.07. The van der Waals surface area contributed by atoms with Crippen LogP contribution in [-0.4, -0.2) is 26.9 Å². The van der Waals surface area contributed by atoms with Gasteiger partial charge in [0.15, 0.2) is 0 Å². The molecular weight excluding hydrogens is 446 g/mol. The molecule has 1 fully saturated rings. The standard InChI is InChI=1S/C28H34ClN3O2/c1-3-4-18-31(26(33)17-16-21-10-5-6-11-21)20(2)27-30-25-15-8-7-14-24(25)28(34)32(27)23-13-9-12-22(29)19-23/h7-9,12-15,19-21H,3-6,10-11,16-18H2,1-2H3. The van der Waals surface area contributed by atoms with E-state index in [4.69, 9.17) is 16.6 Å². The molecule has 0 spiro atoms.